The van der Waals surface area contributed by atoms with E-state index in [1.54, 1.807) is 12.4 Å². The normalized spacial score (nSPS) is 25.8. The standard InChI is InChI=1S/C12H20N4O/c1-2-10(11-14-6-7-15-11)16-12(17)8-4-3-5-9(8)13/h6-10H,2-5,13H2,1H3,(H,14,15)(H,16,17). The van der Waals surface area contributed by atoms with Crippen LogP contribution in [0.5, 0.6) is 0 Å². The highest BCUT2D eigenvalue weighted by Gasteiger charge is 2.31. The fraction of sp³-hybridized carbons (Fsp3) is 0.667. The molecule has 5 heteroatoms. The molecule has 4 N–H and O–H groups in total. The third-order valence-corrected chi connectivity index (χ3v) is 3.48. The van der Waals surface area contributed by atoms with Gasteiger partial charge in [0.1, 0.15) is 5.82 Å². The van der Waals surface area contributed by atoms with E-state index in [2.05, 4.69) is 15.3 Å². The van der Waals surface area contributed by atoms with E-state index in [9.17, 15) is 4.79 Å². The molecule has 94 valence electrons. The van der Waals surface area contributed by atoms with Gasteiger partial charge in [-0.05, 0) is 19.3 Å². The maximum atomic E-state index is 12.1. The van der Waals surface area contributed by atoms with Crippen molar-refractivity contribution in [3.8, 4) is 0 Å². The van der Waals surface area contributed by atoms with Crippen LogP contribution in [-0.2, 0) is 4.79 Å². The predicted octanol–water partition coefficient (Wildman–Crippen LogP) is 1.10. The number of H-pyrrole nitrogens is 1. The van der Waals surface area contributed by atoms with Crippen LogP contribution < -0.4 is 11.1 Å². The van der Waals surface area contributed by atoms with E-state index in [4.69, 9.17) is 5.73 Å². The molecule has 2 rings (SSSR count). The Kier molecular flexibility index (Phi) is 3.78. The number of nitrogens with two attached hydrogens (primary N) is 1. The van der Waals surface area contributed by atoms with Crippen LogP contribution in [0.2, 0.25) is 0 Å². The van der Waals surface area contributed by atoms with Gasteiger partial charge in [-0.3, -0.25) is 4.79 Å². The molecule has 0 bridgehead atoms. The number of nitrogens with zero attached hydrogens (tertiary/aromatic N) is 1. The summed E-state index contributed by atoms with van der Waals surface area (Å²) in [6, 6.07) is -0.0191. The molecule has 1 aliphatic rings. The monoisotopic (exact) mass is 236 g/mol. The molecule has 1 aromatic heterocycles. The molecule has 1 saturated carbocycles. The first kappa shape index (κ1) is 12.1. The quantitative estimate of drug-likeness (QED) is 0.732. The highest BCUT2D eigenvalue weighted by atomic mass is 16.2. The number of imidazole rings is 1. The average molecular weight is 236 g/mol. The van der Waals surface area contributed by atoms with Gasteiger partial charge in [0.25, 0.3) is 0 Å². The topological polar surface area (TPSA) is 83.8 Å². The minimum atomic E-state index is -0.0368. The van der Waals surface area contributed by atoms with Crippen molar-refractivity contribution in [3.05, 3.63) is 18.2 Å². The second kappa shape index (κ2) is 5.31. The summed E-state index contributed by atoms with van der Waals surface area (Å²) in [5.74, 6) is 0.852. The number of nitrogens with one attached hydrogen (secondary N) is 2. The largest absolute Gasteiger partial charge is 0.347 e. The van der Waals surface area contributed by atoms with Crippen LogP contribution in [0.3, 0.4) is 0 Å². The minimum absolute atomic E-state index is 0.0177. The molecule has 3 unspecified atom stereocenters. The summed E-state index contributed by atoms with van der Waals surface area (Å²) in [5.41, 5.74) is 5.93. The SMILES string of the molecule is CCC(NC(=O)C1CCCC1N)c1ncc[nH]1. The zero-order valence-corrected chi connectivity index (χ0v) is 10.1. The van der Waals surface area contributed by atoms with Gasteiger partial charge in [-0.1, -0.05) is 13.3 Å². The van der Waals surface area contributed by atoms with Gasteiger partial charge >= 0.3 is 0 Å². The van der Waals surface area contributed by atoms with Crippen molar-refractivity contribution in [1.82, 2.24) is 15.3 Å². The second-order valence-electron chi connectivity index (χ2n) is 4.65. The van der Waals surface area contributed by atoms with Gasteiger partial charge < -0.3 is 16.0 Å². The molecule has 1 aromatic rings. The number of amides is 1. The van der Waals surface area contributed by atoms with E-state index in [1.165, 1.54) is 0 Å². The Morgan fingerprint density at radius 3 is 3.06 bits per heavy atom. The fourth-order valence-corrected chi connectivity index (χ4v) is 2.42. The molecule has 0 spiro atoms. The summed E-state index contributed by atoms with van der Waals surface area (Å²) in [6.07, 6.45) is 7.20. The van der Waals surface area contributed by atoms with E-state index in [-0.39, 0.29) is 23.9 Å². The van der Waals surface area contributed by atoms with Gasteiger partial charge in [0, 0.05) is 18.4 Å². The van der Waals surface area contributed by atoms with Crippen molar-refractivity contribution in [2.24, 2.45) is 11.7 Å². The highest BCUT2D eigenvalue weighted by Crippen LogP contribution is 2.25. The molecule has 0 saturated heterocycles. The lowest BCUT2D eigenvalue weighted by Gasteiger charge is -2.20. The Morgan fingerprint density at radius 1 is 1.71 bits per heavy atom. The molecule has 1 heterocycles. The van der Waals surface area contributed by atoms with Gasteiger partial charge in [-0.2, -0.15) is 0 Å². The van der Waals surface area contributed by atoms with Crippen LogP contribution in [0.25, 0.3) is 0 Å². The number of rotatable bonds is 4. The molecule has 1 amide bonds. The maximum Gasteiger partial charge on any atom is 0.225 e. The molecule has 17 heavy (non-hydrogen) atoms. The molecule has 0 aliphatic heterocycles. The van der Waals surface area contributed by atoms with E-state index in [0.717, 1.165) is 31.5 Å². The van der Waals surface area contributed by atoms with Crippen molar-refractivity contribution in [2.45, 2.75) is 44.7 Å². The van der Waals surface area contributed by atoms with Crippen molar-refractivity contribution < 1.29 is 4.79 Å². The van der Waals surface area contributed by atoms with E-state index in [0.29, 0.717) is 0 Å². The summed E-state index contributed by atoms with van der Waals surface area (Å²) < 4.78 is 0. The number of carbonyl (C=O) groups is 1. The molecule has 5 nitrogen and oxygen atoms in total. The van der Waals surface area contributed by atoms with Crippen LogP contribution in [0.15, 0.2) is 12.4 Å². The number of carbonyl (C=O) groups excluding carboxylic acids is 1. The van der Waals surface area contributed by atoms with Gasteiger partial charge in [0.15, 0.2) is 0 Å². The van der Waals surface area contributed by atoms with Crippen LogP contribution in [0.1, 0.15) is 44.5 Å². The lowest BCUT2D eigenvalue weighted by molar-refractivity contribution is -0.126. The highest BCUT2D eigenvalue weighted by molar-refractivity contribution is 5.80. The summed E-state index contributed by atoms with van der Waals surface area (Å²) in [5, 5.41) is 3.03. The third-order valence-electron chi connectivity index (χ3n) is 3.48. The van der Waals surface area contributed by atoms with Crippen LogP contribution in [0.4, 0.5) is 0 Å². The molecule has 0 radical (unpaired) electrons. The van der Waals surface area contributed by atoms with Gasteiger partial charge in [-0.15, -0.1) is 0 Å². The molecular weight excluding hydrogens is 216 g/mol. The first-order chi connectivity index (χ1) is 8.22. The first-order valence-electron chi connectivity index (χ1n) is 6.27. The summed E-state index contributed by atoms with van der Waals surface area (Å²) in [6.45, 7) is 2.03. The maximum absolute atomic E-state index is 12.1. The average Bonchev–Trinajstić information content (AvgIpc) is 2.96. The summed E-state index contributed by atoms with van der Waals surface area (Å²) >= 11 is 0. The lowest BCUT2D eigenvalue weighted by atomic mass is 10.0. The smallest absolute Gasteiger partial charge is 0.225 e. The fourth-order valence-electron chi connectivity index (χ4n) is 2.42. The summed E-state index contributed by atoms with van der Waals surface area (Å²) in [7, 11) is 0. The first-order valence-corrected chi connectivity index (χ1v) is 6.27. The molecule has 3 atom stereocenters. The number of hydrogen-bond donors (Lipinski definition) is 3. The number of aromatic nitrogens is 2. The number of aromatic amines is 1. The van der Waals surface area contributed by atoms with E-state index < -0.39 is 0 Å². The Balaban J connectivity index is 1.97. The Labute approximate surface area is 101 Å². The lowest BCUT2D eigenvalue weighted by Crippen LogP contribution is -2.40. The van der Waals surface area contributed by atoms with Gasteiger partial charge in [-0.25, -0.2) is 4.98 Å². The Hall–Kier alpha value is -1.36. The van der Waals surface area contributed by atoms with Crippen LogP contribution in [-0.4, -0.2) is 21.9 Å². The van der Waals surface area contributed by atoms with Gasteiger partial charge in [0.05, 0.1) is 12.0 Å². The Morgan fingerprint density at radius 2 is 2.53 bits per heavy atom. The molecule has 0 aromatic carbocycles. The van der Waals surface area contributed by atoms with E-state index in [1.807, 2.05) is 6.92 Å². The third kappa shape index (κ3) is 2.66. The van der Waals surface area contributed by atoms with Gasteiger partial charge in [0.2, 0.25) is 5.91 Å². The molecular formula is C12H20N4O. The van der Waals surface area contributed by atoms with E-state index >= 15 is 0 Å². The van der Waals surface area contributed by atoms with Crippen molar-refractivity contribution in [2.75, 3.05) is 0 Å². The van der Waals surface area contributed by atoms with Crippen molar-refractivity contribution in [3.63, 3.8) is 0 Å². The second-order valence-corrected chi connectivity index (χ2v) is 4.65. The van der Waals surface area contributed by atoms with Crippen LogP contribution >= 0.6 is 0 Å². The number of hydrogen-bond acceptors (Lipinski definition) is 3. The van der Waals surface area contributed by atoms with Crippen molar-refractivity contribution >= 4 is 5.91 Å². The van der Waals surface area contributed by atoms with Crippen molar-refractivity contribution in [1.29, 1.82) is 0 Å². The van der Waals surface area contributed by atoms with Crippen LogP contribution in [0, 0.1) is 5.92 Å². The minimum Gasteiger partial charge on any atom is -0.347 e. The zero-order chi connectivity index (χ0) is 12.3. The molecule has 1 aliphatic carbocycles. The zero-order valence-electron chi connectivity index (χ0n) is 10.1. The summed E-state index contributed by atoms with van der Waals surface area (Å²) in [4.78, 5) is 19.3. The Bertz CT molecular complexity index is 363. The molecule has 1 fully saturated rings. The predicted molar refractivity (Wildman–Crippen MR) is 65.1 cm³/mol.